The van der Waals surface area contributed by atoms with Gasteiger partial charge in [0, 0.05) is 18.2 Å². The fraction of sp³-hybridized carbons (Fsp3) is 0.227. The third-order valence-electron chi connectivity index (χ3n) is 4.92. The van der Waals surface area contributed by atoms with Gasteiger partial charge in [0.2, 0.25) is 5.91 Å². The van der Waals surface area contributed by atoms with Crippen molar-refractivity contribution in [2.75, 3.05) is 7.11 Å². The molecular weight excluding hydrogens is 356 g/mol. The Kier molecular flexibility index (Phi) is 4.69. The molecule has 0 spiro atoms. The molecule has 1 aliphatic rings. The van der Waals surface area contributed by atoms with E-state index in [1.807, 2.05) is 42.5 Å². The number of ether oxygens (including phenoxy) is 1. The summed E-state index contributed by atoms with van der Waals surface area (Å²) in [6, 6.07) is 16.4. The minimum atomic E-state index is -0.447. The van der Waals surface area contributed by atoms with Gasteiger partial charge in [0.15, 0.2) is 0 Å². The summed E-state index contributed by atoms with van der Waals surface area (Å²) in [4.78, 5) is 25.0. The first kappa shape index (κ1) is 18.0. The van der Waals surface area contributed by atoms with E-state index in [1.54, 1.807) is 26.2 Å². The van der Waals surface area contributed by atoms with Crippen LogP contribution in [0.15, 0.2) is 68.9 Å². The second-order valence-corrected chi connectivity index (χ2v) is 6.62. The summed E-state index contributed by atoms with van der Waals surface area (Å²) in [6.07, 6.45) is 0.775. The Balaban J connectivity index is 1.75. The number of para-hydroxylation sites is 1. The van der Waals surface area contributed by atoms with Gasteiger partial charge in [0.25, 0.3) is 0 Å². The molecule has 0 saturated carbocycles. The van der Waals surface area contributed by atoms with Crippen LogP contribution in [0.3, 0.4) is 0 Å². The van der Waals surface area contributed by atoms with Gasteiger partial charge in [-0.25, -0.2) is 9.80 Å². The molecule has 1 atom stereocenters. The number of benzene rings is 2. The summed E-state index contributed by atoms with van der Waals surface area (Å²) in [5, 5.41) is 6.80. The minimum absolute atomic E-state index is 0.0963. The lowest BCUT2D eigenvalue weighted by atomic mass is 9.98. The van der Waals surface area contributed by atoms with E-state index in [1.165, 1.54) is 5.01 Å². The molecule has 0 fully saturated rings. The zero-order valence-corrected chi connectivity index (χ0v) is 15.7. The molecule has 1 unspecified atom stereocenters. The SMILES string of the molecule is CCC(=O)N1N=C(c2cc3ccccc3oc2=O)CC1c1ccc(OC)cc1. The molecule has 4 rings (SSSR count). The lowest BCUT2D eigenvalue weighted by molar-refractivity contribution is -0.132. The second-order valence-electron chi connectivity index (χ2n) is 6.62. The van der Waals surface area contributed by atoms with Gasteiger partial charge in [0.05, 0.1) is 24.4 Å². The first-order chi connectivity index (χ1) is 13.6. The summed E-state index contributed by atoms with van der Waals surface area (Å²) >= 11 is 0. The third-order valence-corrected chi connectivity index (χ3v) is 4.92. The molecular formula is C22H20N2O4. The quantitative estimate of drug-likeness (QED) is 0.648. The molecule has 2 heterocycles. The van der Waals surface area contributed by atoms with E-state index >= 15 is 0 Å². The highest BCUT2D eigenvalue weighted by Gasteiger charge is 2.33. The van der Waals surface area contributed by atoms with Crippen molar-refractivity contribution >= 4 is 22.6 Å². The first-order valence-corrected chi connectivity index (χ1v) is 9.17. The average molecular weight is 376 g/mol. The number of carbonyl (C=O) groups is 1. The van der Waals surface area contributed by atoms with Crippen molar-refractivity contribution in [1.82, 2.24) is 5.01 Å². The van der Waals surface area contributed by atoms with Gasteiger partial charge in [-0.3, -0.25) is 4.79 Å². The molecule has 1 aromatic heterocycles. The van der Waals surface area contributed by atoms with Crippen molar-refractivity contribution in [2.24, 2.45) is 5.10 Å². The van der Waals surface area contributed by atoms with E-state index in [2.05, 4.69) is 5.10 Å². The van der Waals surface area contributed by atoms with Crippen LogP contribution in [0.2, 0.25) is 0 Å². The molecule has 0 aliphatic carbocycles. The highest BCUT2D eigenvalue weighted by Crippen LogP contribution is 2.33. The topological polar surface area (TPSA) is 72.1 Å². The molecule has 0 bridgehead atoms. The molecule has 142 valence electrons. The molecule has 28 heavy (non-hydrogen) atoms. The fourth-order valence-corrected chi connectivity index (χ4v) is 3.41. The Hall–Kier alpha value is -3.41. The van der Waals surface area contributed by atoms with Crippen molar-refractivity contribution in [3.8, 4) is 5.75 Å². The Bertz CT molecular complexity index is 1120. The van der Waals surface area contributed by atoms with Crippen LogP contribution in [0.5, 0.6) is 5.75 Å². The van der Waals surface area contributed by atoms with Gasteiger partial charge in [-0.2, -0.15) is 5.10 Å². The summed E-state index contributed by atoms with van der Waals surface area (Å²) in [6.45, 7) is 1.80. The molecule has 2 aromatic carbocycles. The minimum Gasteiger partial charge on any atom is -0.497 e. The molecule has 1 aliphatic heterocycles. The normalized spacial score (nSPS) is 16.3. The predicted molar refractivity (Wildman–Crippen MR) is 107 cm³/mol. The fourth-order valence-electron chi connectivity index (χ4n) is 3.41. The maximum atomic E-state index is 12.5. The lowest BCUT2D eigenvalue weighted by Crippen LogP contribution is -2.26. The zero-order chi connectivity index (χ0) is 19.7. The average Bonchev–Trinajstić information content (AvgIpc) is 3.18. The van der Waals surface area contributed by atoms with Crippen LogP contribution in [0.25, 0.3) is 11.0 Å². The van der Waals surface area contributed by atoms with Crippen LogP contribution in [-0.2, 0) is 4.79 Å². The van der Waals surface area contributed by atoms with Crippen LogP contribution < -0.4 is 10.4 Å². The van der Waals surface area contributed by atoms with E-state index in [0.717, 1.165) is 16.7 Å². The molecule has 6 heteroatoms. The predicted octanol–water partition coefficient (Wildman–Crippen LogP) is 3.89. The van der Waals surface area contributed by atoms with Crippen molar-refractivity contribution in [3.63, 3.8) is 0 Å². The summed E-state index contributed by atoms with van der Waals surface area (Å²) < 4.78 is 10.7. The van der Waals surface area contributed by atoms with E-state index in [0.29, 0.717) is 29.7 Å². The number of nitrogens with zero attached hydrogens (tertiary/aromatic N) is 2. The van der Waals surface area contributed by atoms with Crippen molar-refractivity contribution in [1.29, 1.82) is 0 Å². The number of hydrazone groups is 1. The number of hydrogen-bond acceptors (Lipinski definition) is 5. The molecule has 0 N–H and O–H groups in total. The number of methoxy groups -OCH3 is 1. The maximum Gasteiger partial charge on any atom is 0.345 e. The first-order valence-electron chi connectivity index (χ1n) is 9.17. The summed E-state index contributed by atoms with van der Waals surface area (Å²) in [5.74, 6) is 0.646. The van der Waals surface area contributed by atoms with Gasteiger partial charge in [0.1, 0.15) is 11.3 Å². The molecule has 3 aromatic rings. The van der Waals surface area contributed by atoms with Gasteiger partial charge in [-0.05, 0) is 29.8 Å². The molecule has 0 radical (unpaired) electrons. The smallest absolute Gasteiger partial charge is 0.345 e. The van der Waals surface area contributed by atoms with Crippen molar-refractivity contribution < 1.29 is 13.9 Å². The Morgan fingerprint density at radius 2 is 1.96 bits per heavy atom. The van der Waals surface area contributed by atoms with Crippen LogP contribution in [0, 0.1) is 0 Å². The van der Waals surface area contributed by atoms with Gasteiger partial charge < -0.3 is 9.15 Å². The highest BCUT2D eigenvalue weighted by atomic mass is 16.5. The summed E-state index contributed by atoms with van der Waals surface area (Å²) in [5.41, 5.74) is 1.97. The van der Waals surface area contributed by atoms with Crippen LogP contribution in [0.4, 0.5) is 0 Å². The van der Waals surface area contributed by atoms with E-state index < -0.39 is 5.63 Å². The summed E-state index contributed by atoms with van der Waals surface area (Å²) in [7, 11) is 1.61. The monoisotopic (exact) mass is 376 g/mol. The number of carbonyl (C=O) groups excluding carboxylic acids is 1. The van der Waals surface area contributed by atoms with Crippen LogP contribution in [0.1, 0.15) is 36.9 Å². The van der Waals surface area contributed by atoms with Gasteiger partial charge >= 0.3 is 5.63 Å². The maximum absolute atomic E-state index is 12.5. The molecule has 1 amide bonds. The molecule has 6 nitrogen and oxygen atoms in total. The van der Waals surface area contributed by atoms with E-state index in [-0.39, 0.29) is 11.9 Å². The lowest BCUT2D eigenvalue weighted by Gasteiger charge is -2.21. The number of fused-ring (bicyclic) bond motifs is 1. The Labute approximate surface area is 162 Å². The molecule has 0 saturated heterocycles. The Morgan fingerprint density at radius 1 is 1.21 bits per heavy atom. The largest absolute Gasteiger partial charge is 0.497 e. The standard InChI is InChI=1S/C22H20N2O4/c1-3-21(25)24-19(14-8-10-16(27-2)11-9-14)13-18(23-24)17-12-15-6-4-5-7-20(15)28-22(17)26/h4-12,19H,3,13H2,1-2H3. The number of amides is 1. The highest BCUT2D eigenvalue weighted by molar-refractivity contribution is 6.04. The number of hydrogen-bond donors (Lipinski definition) is 0. The van der Waals surface area contributed by atoms with Crippen LogP contribution >= 0.6 is 0 Å². The zero-order valence-electron chi connectivity index (χ0n) is 15.7. The number of rotatable bonds is 4. The van der Waals surface area contributed by atoms with Crippen molar-refractivity contribution in [2.45, 2.75) is 25.8 Å². The van der Waals surface area contributed by atoms with Crippen molar-refractivity contribution in [3.05, 3.63) is 76.1 Å². The van der Waals surface area contributed by atoms with E-state index in [9.17, 15) is 9.59 Å². The second kappa shape index (κ2) is 7.31. The van der Waals surface area contributed by atoms with E-state index in [4.69, 9.17) is 9.15 Å². The van der Waals surface area contributed by atoms with Gasteiger partial charge in [-0.15, -0.1) is 0 Å². The van der Waals surface area contributed by atoms with Crippen LogP contribution in [-0.4, -0.2) is 23.7 Å². The third kappa shape index (κ3) is 3.17. The Morgan fingerprint density at radius 3 is 2.68 bits per heavy atom. The van der Waals surface area contributed by atoms with Gasteiger partial charge in [-0.1, -0.05) is 37.3 Å².